The molecule has 0 saturated carbocycles. The number of aldehydes is 1. The lowest BCUT2D eigenvalue weighted by Gasteiger charge is -2.16. The van der Waals surface area contributed by atoms with Gasteiger partial charge in [0.2, 0.25) is 0 Å². The first-order valence-electron chi connectivity index (χ1n) is 2.97. The third-order valence-electron chi connectivity index (χ3n) is 1.22. The number of rotatable bonds is 2. The summed E-state index contributed by atoms with van der Waals surface area (Å²) in [5, 5.41) is 0. The predicted octanol–water partition coefficient (Wildman–Crippen LogP) is 0.399. The first-order chi connectivity index (χ1) is 4.31. The van der Waals surface area contributed by atoms with Crippen LogP contribution in [0.4, 0.5) is 0 Å². The van der Waals surface area contributed by atoms with E-state index in [0.717, 1.165) is 0 Å². The van der Waals surface area contributed by atoms with Crippen molar-refractivity contribution in [2.45, 2.75) is 25.5 Å². The van der Waals surface area contributed by atoms with Gasteiger partial charge in [0.1, 0.15) is 12.0 Å². The molecule has 4 heteroatoms. The highest BCUT2D eigenvalue weighted by atomic mass is 32.2. The Morgan fingerprint density at radius 3 is 1.80 bits per heavy atom. The van der Waals surface area contributed by atoms with Gasteiger partial charge < -0.3 is 4.79 Å². The Balaban J connectivity index is 4.59. The monoisotopic (exact) mass is 164 g/mol. The molecule has 0 fully saturated rings. The van der Waals surface area contributed by atoms with E-state index in [4.69, 9.17) is 0 Å². The molecule has 0 N–H and O–H groups in total. The van der Waals surface area contributed by atoms with Crippen molar-refractivity contribution in [3.05, 3.63) is 0 Å². The maximum atomic E-state index is 11.0. The van der Waals surface area contributed by atoms with Crippen molar-refractivity contribution >= 4 is 16.1 Å². The Morgan fingerprint density at radius 1 is 1.30 bits per heavy atom. The normalized spacial score (nSPS) is 13.1. The van der Waals surface area contributed by atoms with Crippen molar-refractivity contribution < 1.29 is 13.2 Å². The third-order valence-corrected chi connectivity index (χ3v) is 3.66. The summed E-state index contributed by atoms with van der Waals surface area (Å²) >= 11 is 0. The quantitative estimate of drug-likeness (QED) is 0.555. The largest absolute Gasteiger partial charge is 0.302 e. The minimum absolute atomic E-state index is 0.378. The maximum absolute atomic E-state index is 11.0. The lowest BCUT2D eigenvalue weighted by Crippen LogP contribution is -2.30. The smallest absolute Gasteiger partial charge is 0.161 e. The van der Waals surface area contributed by atoms with Gasteiger partial charge in [-0.2, -0.15) is 0 Å². The van der Waals surface area contributed by atoms with Crippen molar-refractivity contribution in [2.24, 2.45) is 0 Å². The second-order valence-electron chi connectivity index (χ2n) is 3.06. The van der Waals surface area contributed by atoms with E-state index in [1.165, 1.54) is 0 Å². The summed E-state index contributed by atoms with van der Waals surface area (Å²) in [4.78, 5) is 9.89. The Bertz CT molecular complexity index is 208. The SMILES string of the molecule is CC(C)(C)S(=O)(=O)CC=O. The van der Waals surface area contributed by atoms with E-state index in [1.54, 1.807) is 20.8 Å². The van der Waals surface area contributed by atoms with E-state index < -0.39 is 14.6 Å². The van der Waals surface area contributed by atoms with Crippen LogP contribution in [0.3, 0.4) is 0 Å². The minimum atomic E-state index is -3.22. The number of sulfone groups is 1. The fraction of sp³-hybridized carbons (Fsp3) is 0.833. The van der Waals surface area contributed by atoms with Crippen molar-refractivity contribution in [3.63, 3.8) is 0 Å². The van der Waals surface area contributed by atoms with Crippen molar-refractivity contribution in [2.75, 3.05) is 5.75 Å². The van der Waals surface area contributed by atoms with Crippen molar-refractivity contribution in [1.82, 2.24) is 0 Å². The molecule has 0 bridgehead atoms. The molecule has 0 aromatic rings. The van der Waals surface area contributed by atoms with E-state index in [2.05, 4.69) is 0 Å². The third kappa shape index (κ3) is 2.10. The lowest BCUT2D eigenvalue weighted by atomic mass is 10.3. The van der Waals surface area contributed by atoms with Gasteiger partial charge in [0.25, 0.3) is 0 Å². The van der Waals surface area contributed by atoms with E-state index >= 15 is 0 Å². The summed E-state index contributed by atoms with van der Waals surface area (Å²) in [5.74, 6) is -0.378. The molecule has 60 valence electrons. The van der Waals surface area contributed by atoms with Crippen LogP contribution in [0.15, 0.2) is 0 Å². The van der Waals surface area contributed by atoms with Gasteiger partial charge in [0, 0.05) is 0 Å². The van der Waals surface area contributed by atoms with Gasteiger partial charge in [-0.05, 0) is 20.8 Å². The van der Waals surface area contributed by atoms with Gasteiger partial charge in [-0.1, -0.05) is 0 Å². The highest BCUT2D eigenvalue weighted by molar-refractivity contribution is 7.93. The molecule has 0 aliphatic heterocycles. The van der Waals surface area contributed by atoms with Gasteiger partial charge in [0.15, 0.2) is 9.84 Å². The van der Waals surface area contributed by atoms with Crippen LogP contribution in [-0.2, 0) is 14.6 Å². The zero-order valence-electron chi connectivity index (χ0n) is 6.42. The van der Waals surface area contributed by atoms with Crippen LogP contribution in [0.25, 0.3) is 0 Å². The Kier molecular flexibility index (Phi) is 2.60. The van der Waals surface area contributed by atoms with Crippen LogP contribution in [-0.4, -0.2) is 25.2 Å². The van der Waals surface area contributed by atoms with Crippen LogP contribution < -0.4 is 0 Å². The van der Waals surface area contributed by atoms with E-state index in [9.17, 15) is 13.2 Å². The van der Waals surface area contributed by atoms with E-state index in [0.29, 0.717) is 6.29 Å². The number of carbonyl (C=O) groups excluding carboxylic acids is 1. The van der Waals surface area contributed by atoms with Gasteiger partial charge in [-0.25, -0.2) is 8.42 Å². The fourth-order valence-electron chi connectivity index (χ4n) is 0.340. The molecule has 0 rings (SSSR count). The Labute approximate surface area is 61.4 Å². The first-order valence-corrected chi connectivity index (χ1v) is 4.62. The molecule has 0 saturated heterocycles. The molecule has 0 aromatic carbocycles. The summed E-state index contributed by atoms with van der Waals surface area (Å²) in [7, 11) is -3.22. The molecule has 0 radical (unpaired) electrons. The molecule has 0 aliphatic carbocycles. The molecule has 0 aromatic heterocycles. The molecule has 3 nitrogen and oxygen atoms in total. The molecule has 0 amide bonds. The van der Waals surface area contributed by atoms with E-state index in [1.807, 2.05) is 0 Å². The second-order valence-corrected chi connectivity index (χ2v) is 5.85. The highest BCUT2D eigenvalue weighted by Crippen LogP contribution is 2.14. The van der Waals surface area contributed by atoms with Gasteiger partial charge in [0.05, 0.1) is 4.75 Å². The molecule has 0 spiro atoms. The van der Waals surface area contributed by atoms with Crippen LogP contribution >= 0.6 is 0 Å². The summed E-state index contributed by atoms with van der Waals surface area (Å²) in [6.45, 7) is 4.73. The number of carbonyl (C=O) groups is 1. The first kappa shape index (κ1) is 9.62. The lowest BCUT2D eigenvalue weighted by molar-refractivity contribution is -0.105. The van der Waals surface area contributed by atoms with Crippen molar-refractivity contribution in [1.29, 1.82) is 0 Å². The molecule has 0 unspecified atom stereocenters. The second kappa shape index (κ2) is 2.70. The average Bonchev–Trinajstić information content (AvgIpc) is 1.61. The van der Waals surface area contributed by atoms with Gasteiger partial charge in [-0.15, -0.1) is 0 Å². The summed E-state index contributed by atoms with van der Waals surface area (Å²) in [5.41, 5.74) is 0. The van der Waals surface area contributed by atoms with Crippen LogP contribution in [0, 0.1) is 0 Å². The Hall–Kier alpha value is -0.380. The highest BCUT2D eigenvalue weighted by Gasteiger charge is 2.27. The van der Waals surface area contributed by atoms with Crippen LogP contribution in [0.1, 0.15) is 20.8 Å². The molecular formula is C6H12O3S. The molecule has 0 atom stereocenters. The topological polar surface area (TPSA) is 51.2 Å². The van der Waals surface area contributed by atoms with E-state index in [-0.39, 0.29) is 5.75 Å². The summed E-state index contributed by atoms with van der Waals surface area (Å²) < 4.78 is 21.2. The van der Waals surface area contributed by atoms with Crippen LogP contribution in [0.2, 0.25) is 0 Å². The molecule has 0 aliphatic rings. The standard InChI is InChI=1S/C6H12O3S/c1-6(2,3)10(8,9)5-4-7/h4H,5H2,1-3H3. The predicted molar refractivity (Wildman–Crippen MR) is 39.6 cm³/mol. The van der Waals surface area contributed by atoms with Crippen LogP contribution in [0.5, 0.6) is 0 Å². The molecular weight excluding hydrogens is 152 g/mol. The fourth-order valence-corrected chi connectivity index (χ4v) is 1.02. The number of hydrogen-bond donors (Lipinski definition) is 0. The molecule has 0 heterocycles. The minimum Gasteiger partial charge on any atom is -0.302 e. The molecule has 10 heavy (non-hydrogen) atoms. The van der Waals surface area contributed by atoms with Gasteiger partial charge >= 0.3 is 0 Å². The van der Waals surface area contributed by atoms with Gasteiger partial charge in [-0.3, -0.25) is 0 Å². The maximum Gasteiger partial charge on any atom is 0.161 e. The summed E-state index contributed by atoms with van der Waals surface area (Å²) in [6, 6.07) is 0. The Morgan fingerprint density at radius 2 is 1.70 bits per heavy atom. The zero-order chi connectivity index (χ0) is 8.41. The zero-order valence-corrected chi connectivity index (χ0v) is 7.23. The summed E-state index contributed by atoms with van der Waals surface area (Å²) in [6.07, 6.45) is 0.417. The van der Waals surface area contributed by atoms with Crippen molar-refractivity contribution in [3.8, 4) is 0 Å². The average molecular weight is 164 g/mol. The number of hydrogen-bond acceptors (Lipinski definition) is 3.